The Bertz CT molecular complexity index is 286. The Labute approximate surface area is 75.2 Å². The molecule has 0 saturated carbocycles. The van der Waals surface area contributed by atoms with Crippen molar-refractivity contribution in [3.8, 4) is 0 Å². The number of aromatic amines is 1. The first-order valence-electron chi connectivity index (χ1n) is 3.39. The van der Waals surface area contributed by atoms with E-state index in [0.717, 1.165) is 5.16 Å². The van der Waals surface area contributed by atoms with Crippen LogP contribution in [-0.2, 0) is 7.05 Å². The third kappa shape index (κ3) is 2.07. The minimum Gasteiger partial charge on any atom is -0.298 e. The van der Waals surface area contributed by atoms with E-state index in [1.165, 1.54) is 0 Å². The van der Waals surface area contributed by atoms with Crippen LogP contribution >= 0.6 is 24.0 Å². The first kappa shape index (κ1) is 8.80. The molecule has 5 heteroatoms. The third-order valence-electron chi connectivity index (χ3n) is 1.18. The van der Waals surface area contributed by atoms with E-state index in [9.17, 15) is 0 Å². The first-order chi connectivity index (χ1) is 5.11. The van der Waals surface area contributed by atoms with Gasteiger partial charge in [0.25, 0.3) is 0 Å². The second kappa shape index (κ2) is 3.40. The minimum atomic E-state index is 0.541. The van der Waals surface area contributed by atoms with Gasteiger partial charge in [0.1, 0.15) is 0 Å². The van der Waals surface area contributed by atoms with Crippen molar-refractivity contribution in [3.05, 3.63) is 4.77 Å². The molecule has 0 bridgehead atoms. The summed E-state index contributed by atoms with van der Waals surface area (Å²) in [6.07, 6.45) is 0. The Balaban J connectivity index is 2.87. The smallest absolute Gasteiger partial charge is 0.195 e. The molecule has 3 nitrogen and oxygen atoms in total. The number of nitrogens with one attached hydrogen (secondary N) is 1. The molecule has 0 fully saturated rings. The number of nitrogens with zero attached hydrogens (tertiary/aromatic N) is 2. The fraction of sp³-hybridized carbons (Fsp3) is 0.667. The van der Waals surface area contributed by atoms with Crippen LogP contribution in [-0.4, -0.2) is 20.0 Å². The zero-order valence-electron chi connectivity index (χ0n) is 6.79. The molecule has 1 aromatic heterocycles. The van der Waals surface area contributed by atoms with Gasteiger partial charge in [-0.2, -0.15) is 0 Å². The number of H-pyrrole nitrogens is 1. The van der Waals surface area contributed by atoms with Crippen LogP contribution < -0.4 is 0 Å². The molecule has 0 spiro atoms. The monoisotopic (exact) mass is 189 g/mol. The van der Waals surface area contributed by atoms with Crippen LogP contribution in [0.4, 0.5) is 0 Å². The second-order valence-corrected chi connectivity index (χ2v) is 4.47. The predicted octanol–water partition coefficient (Wildman–Crippen LogP) is 1.98. The molecule has 1 heterocycles. The van der Waals surface area contributed by atoms with Crippen LogP contribution in [0.3, 0.4) is 0 Å². The van der Waals surface area contributed by atoms with Crippen LogP contribution in [0.1, 0.15) is 13.8 Å². The highest BCUT2D eigenvalue weighted by molar-refractivity contribution is 7.99. The summed E-state index contributed by atoms with van der Waals surface area (Å²) in [4.78, 5) is 0. The van der Waals surface area contributed by atoms with E-state index in [1.54, 1.807) is 11.8 Å². The van der Waals surface area contributed by atoms with Crippen LogP contribution in [0, 0.1) is 4.77 Å². The Kier molecular flexibility index (Phi) is 2.72. The van der Waals surface area contributed by atoms with Crippen molar-refractivity contribution >= 4 is 24.0 Å². The maximum absolute atomic E-state index is 4.96. The van der Waals surface area contributed by atoms with Gasteiger partial charge in [0.15, 0.2) is 9.93 Å². The van der Waals surface area contributed by atoms with Crippen molar-refractivity contribution < 1.29 is 0 Å². The number of hydrogen-bond acceptors (Lipinski definition) is 3. The van der Waals surface area contributed by atoms with Gasteiger partial charge in [-0.15, -0.1) is 5.10 Å². The van der Waals surface area contributed by atoms with E-state index in [4.69, 9.17) is 12.2 Å². The average Bonchev–Trinajstić information content (AvgIpc) is 2.18. The normalized spacial score (nSPS) is 10.9. The van der Waals surface area contributed by atoms with E-state index < -0.39 is 0 Å². The summed E-state index contributed by atoms with van der Waals surface area (Å²) in [6.45, 7) is 4.25. The molecule has 0 radical (unpaired) electrons. The zero-order chi connectivity index (χ0) is 8.43. The Morgan fingerprint density at radius 3 is 2.64 bits per heavy atom. The summed E-state index contributed by atoms with van der Waals surface area (Å²) in [5.74, 6) is 0. The van der Waals surface area contributed by atoms with Crippen LogP contribution in [0.2, 0.25) is 0 Å². The minimum absolute atomic E-state index is 0.541. The molecule has 0 aliphatic heterocycles. The van der Waals surface area contributed by atoms with Crippen molar-refractivity contribution in [1.82, 2.24) is 14.8 Å². The van der Waals surface area contributed by atoms with Gasteiger partial charge in [0.05, 0.1) is 0 Å². The van der Waals surface area contributed by atoms with Gasteiger partial charge >= 0.3 is 0 Å². The van der Waals surface area contributed by atoms with Gasteiger partial charge in [-0.3, -0.25) is 9.67 Å². The van der Waals surface area contributed by atoms with E-state index in [1.807, 2.05) is 11.6 Å². The maximum Gasteiger partial charge on any atom is 0.195 e. The molecule has 0 aromatic carbocycles. The van der Waals surface area contributed by atoms with E-state index >= 15 is 0 Å². The summed E-state index contributed by atoms with van der Waals surface area (Å²) < 4.78 is 2.55. The molecule has 1 rings (SSSR count). The summed E-state index contributed by atoms with van der Waals surface area (Å²) in [6, 6.07) is 0. The number of rotatable bonds is 2. The molecule has 11 heavy (non-hydrogen) atoms. The van der Waals surface area contributed by atoms with Crippen LogP contribution in [0.15, 0.2) is 5.16 Å². The molecule has 0 unspecified atom stereocenters. The molecule has 62 valence electrons. The van der Waals surface area contributed by atoms with Crippen molar-refractivity contribution in [2.24, 2.45) is 7.05 Å². The van der Waals surface area contributed by atoms with Gasteiger partial charge in [-0.25, -0.2) is 0 Å². The van der Waals surface area contributed by atoms with Crippen molar-refractivity contribution in [3.63, 3.8) is 0 Å². The van der Waals surface area contributed by atoms with Gasteiger partial charge < -0.3 is 0 Å². The summed E-state index contributed by atoms with van der Waals surface area (Å²) in [7, 11) is 1.91. The third-order valence-corrected chi connectivity index (χ3v) is 2.59. The lowest BCUT2D eigenvalue weighted by Gasteiger charge is -2.01. The Morgan fingerprint density at radius 2 is 2.27 bits per heavy atom. The van der Waals surface area contributed by atoms with Crippen LogP contribution in [0.25, 0.3) is 0 Å². The quantitative estimate of drug-likeness (QED) is 0.570. The molecule has 0 aliphatic rings. The average molecular weight is 189 g/mol. The van der Waals surface area contributed by atoms with Gasteiger partial charge in [-0.05, 0) is 12.2 Å². The largest absolute Gasteiger partial charge is 0.298 e. The topological polar surface area (TPSA) is 33.6 Å². The van der Waals surface area contributed by atoms with E-state index in [0.29, 0.717) is 10.0 Å². The molecule has 1 aromatic rings. The molecular formula is C6H11N3S2. The summed E-state index contributed by atoms with van der Waals surface area (Å²) in [5.41, 5.74) is 0. The number of aromatic nitrogens is 3. The molecule has 0 atom stereocenters. The number of hydrogen-bond donors (Lipinski definition) is 1. The lowest BCUT2D eigenvalue weighted by Crippen LogP contribution is -1.94. The van der Waals surface area contributed by atoms with E-state index in [-0.39, 0.29) is 0 Å². The molecule has 0 saturated heterocycles. The maximum atomic E-state index is 4.96. The lowest BCUT2D eigenvalue weighted by molar-refractivity contribution is 0.777. The summed E-state index contributed by atoms with van der Waals surface area (Å²) in [5, 5.41) is 8.29. The van der Waals surface area contributed by atoms with Crippen molar-refractivity contribution in [2.45, 2.75) is 24.3 Å². The SMILES string of the molecule is CC(C)Sc1n[nH]c(=S)n1C. The van der Waals surface area contributed by atoms with Crippen LogP contribution in [0.5, 0.6) is 0 Å². The van der Waals surface area contributed by atoms with E-state index in [2.05, 4.69) is 24.0 Å². The van der Waals surface area contributed by atoms with Crippen molar-refractivity contribution in [1.29, 1.82) is 0 Å². The van der Waals surface area contributed by atoms with Gasteiger partial charge in [0, 0.05) is 12.3 Å². The van der Waals surface area contributed by atoms with Crippen molar-refractivity contribution in [2.75, 3.05) is 0 Å². The first-order valence-corrected chi connectivity index (χ1v) is 4.68. The fourth-order valence-electron chi connectivity index (χ4n) is 0.649. The predicted molar refractivity (Wildman–Crippen MR) is 49.4 cm³/mol. The van der Waals surface area contributed by atoms with Gasteiger partial charge in [-0.1, -0.05) is 25.6 Å². The molecule has 0 aliphatic carbocycles. The molecule has 1 N–H and O–H groups in total. The molecule has 0 amide bonds. The highest BCUT2D eigenvalue weighted by Gasteiger charge is 2.04. The second-order valence-electron chi connectivity index (χ2n) is 2.54. The summed E-state index contributed by atoms with van der Waals surface area (Å²) >= 11 is 6.66. The zero-order valence-corrected chi connectivity index (χ0v) is 8.42. The standard InChI is InChI=1S/C6H11N3S2/c1-4(2)11-6-8-7-5(10)9(6)3/h4H,1-3H3,(H,7,10). The fourth-order valence-corrected chi connectivity index (χ4v) is 1.61. The highest BCUT2D eigenvalue weighted by atomic mass is 32.2. The molecular weight excluding hydrogens is 178 g/mol. The van der Waals surface area contributed by atoms with Gasteiger partial charge in [0.2, 0.25) is 0 Å². The number of thioether (sulfide) groups is 1. The Morgan fingerprint density at radius 1 is 1.64 bits per heavy atom. The highest BCUT2D eigenvalue weighted by Crippen LogP contribution is 2.19. The Hall–Kier alpha value is -0.290. The lowest BCUT2D eigenvalue weighted by atomic mass is 10.6.